The van der Waals surface area contributed by atoms with E-state index in [0.717, 1.165) is 41.8 Å². The molecule has 11 heteroatoms. The average Bonchev–Trinajstić information content (AvgIpc) is 3.18. The van der Waals surface area contributed by atoms with E-state index in [0.29, 0.717) is 53.4 Å². The van der Waals surface area contributed by atoms with Crippen molar-refractivity contribution in [1.29, 1.82) is 5.26 Å². The lowest BCUT2D eigenvalue weighted by Crippen LogP contribution is -2.36. The Kier molecular flexibility index (Phi) is 7.15. The maximum Gasteiger partial charge on any atom is 0.329 e. The van der Waals surface area contributed by atoms with E-state index in [2.05, 4.69) is 35.1 Å². The van der Waals surface area contributed by atoms with Crippen LogP contribution in [0.25, 0.3) is 11.3 Å². The van der Waals surface area contributed by atoms with Crippen LogP contribution in [-0.4, -0.2) is 63.5 Å². The number of carbonyl (C=O) groups is 1. The van der Waals surface area contributed by atoms with Gasteiger partial charge in [0.05, 0.1) is 48.0 Å². The molecule has 3 aromatic rings. The lowest BCUT2D eigenvalue weighted by molar-refractivity contribution is 0.122. The Morgan fingerprint density at radius 1 is 1.26 bits per heavy atom. The van der Waals surface area contributed by atoms with E-state index >= 15 is 0 Å². The van der Waals surface area contributed by atoms with Crippen molar-refractivity contribution in [3.05, 3.63) is 52.7 Å². The Bertz CT molecular complexity index is 1420. The largest absolute Gasteiger partial charge is 0.494 e. The fourth-order valence-electron chi connectivity index (χ4n) is 5.04. The molecule has 0 saturated carbocycles. The molecule has 0 bridgehead atoms. The molecule has 0 unspecified atom stereocenters. The van der Waals surface area contributed by atoms with Crippen molar-refractivity contribution in [3.8, 4) is 23.1 Å². The third-order valence-corrected chi connectivity index (χ3v) is 7.17. The number of rotatable bonds is 7. The molecule has 0 aliphatic carbocycles. The van der Waals surface area contributed by atoms with Gasteiger partial charge < -0.3 is 29.3 Å². The molecule has 2 aliphatic heterocycles. The Morgan fingerprint density at radius 3 is 2.76 bits per heavy atom. The minimum atomic E-state index is -0.253. The summed E-state index contributed by atoms with van der Waals surface area (Å²) in [6.07, 6.45) is 2.41. The van der Waals surface area contributed by atoms with Crippen LogP contribution in [0.2, 0.25) is 5.02 Å². The standard InChI is InChI=1S/C27H27BClN6O3/c1-27(2)15-35(28-16-36)25-18(14-30)10-17(11-19(25)27)21-4-5-31-26(32-21)33-22-12-20(29)23(13-24(22)37-3)34-6-8-38-9-7-34/h4-5,10-13,16H,6-9,15H2,1-3H3,(H,31,32,33). The number of hydrogen-bond donors (Lipinski definition) is 1. The topological polar surface area (TPSA) is 104 Å². The van der Waals surface area contributed by atoms with Gasteiger partial charge >= 0.3 is 7.41 Å². The normalized spacial score (nSPS) is 16.0. The third-order valence-electron chi connectivity index (χ3n) is 6.87. The van der Waals surface area contributed by atoms with Crippen molar-refractivity contribution in [1.82, 2.24) is 9.97 Å². The molecule has 0 spiro atoms. The van der Waals surface area contributed by atoms with E-state index in [1.54, 1.807) is 25.4 Å². The smallest absolute Gasteiger partial charge is 0.329 e. The van der Waals surface area contributed by atoms with Gasteiger partial charge in [-0.1, -0.05) is 25.4 Å². The summed E-state index contributed by atoms with van der Waals surface area (Å²) in [6.45, 7) is 7.62. The monoisotopic (exact) mass is 529 g/mol. The number of nitrogens with one attached hydrogen (secondary N) is 1. The first kappa shape index (κ1) is 25.8. The van der Waals surface area contributed by atoms with Crippen molar-refractivity contribution in [3.63, 3.8) is 0 Å². The molecule has 1 N–H and O–H groups in total. The number of carbonyl (C=O) groups excluding carboxylic acids is 1. The summed E-state index contributed by atoms with van der Waals surface area (Å²) >= 11 is 6.66. The predicted octanol–water partition coefficient (Wildman–Crippen LogP) is 4.16. The van der Waals surface area contributed by atoms with E-state index in [1.165, 1.54) is 7.41 Å². The van der Waals surface area contributed by atoms with E-state index in [1.807, 2.05) is 23.0 Å². The van der Waals surface area contributed by atoms with Gasteiger partial charge in [0.2, 0.25) is 5.95 Å². The SMILES string of the molecule is COc1cc(N2CCOCC2)c(Cl)cc1Nc1nccc(-c2cc(C#N)c3c(c2)C(C)(C)CN3[B]C=O)n1. The Labute approximate surface area is 227 Å². The highest BCUT2D eigenvalue weighted by atomic mass is 35.5. The number of ether oxygens (including phenoxy) is 2. The predicted molar refractivity (Wildman–Crippen MR) is 149 cm³/mol. The molecule has 0 amide bonds. The summed E-state index contributed by atoms with van der Waals surface area (Å²) in [4.78, 5) is 24.3. The Morgan fingerprint density at radius 2 is 2.05 bits per heavy atom. The lowest BCUT2D eigenvalue weighted by Gasteiger charge is -2.30. The van der Waals surface area contributed by atoms with Crippen LogP contribution in [0, 0.1) is 11.3 Å². The molecule has 0 atom stereocenters. The number of nitriles is 1. The second-order valence-corrected chi connectivity index (χ2v) is 10.2. The van der Waals surface area contributed by atoms with Crippen molar-refractivity contribution in [2.75, 3.05) is 55.0 Å². The molecule has 1 fully saturated rings. The van der Waals surface area contributed by atoms with Crippen LogP contribution >= 0.6 is 11.6 Å². The zero-order valence-electron chi connectivity index (χ0n) is 21.5. The number of methoxy groups -OCH3 is 1. The van der Waals surface area contributed by atoms with Gasteiger partial charge in [-0.2, -0.15) is 5.26 Å². The summed E-state index contributed by atoms with van der Waals surface area (Å²) in [5, 5.41) is 13.7. The molecule has 2 aromatic carbocycles. The summed E-state index contributed by atoms with van der Waals surface area (Å²) in [5.41, 5.74) is 4.96. The maximum absolute atomic E-state index is 11.2. The van der Waals surface area contributed by atoms with Gasteiger partial charge in [-0.15, -0.1) is 0 Å². The molecule has 3 heterocycles. The molecular formula is C27H27BClN6O3. The first-order chi connectivity index (χ1) is 18.3. The minimum Gasteiger partial charge on any atom is -0.494 e. The quantitative estimate of drug-likeness (QED) is 0.357. The van der Waals surface area contributed by atoms with Gasteiger partial charge in [0.15, 0.2) is 0 Å². The van der Waals surface area contributed by atoms with Crippen molar-refractivity contribution in [2.24, 2.45) is 0 Å². The van der Waals surface area contributed by atoms with Crippen molar-refractivity contribution >= 4 is 48.2 Å². The highest BCUT2D eigenvalue weighted by Gasteiger charge is 2.37. The maximum atomic E-state index is 11.2. The molecule has 1 aromatic heterocycles. The van der Waals surface area contributed by atoms with Gasteiger partial charge in [-0.25, -0.2) is 9.97 Å². The highest BCUT2D eigenvalue weighted by Crippen LogP contribution is 2.44. The summed E-state index contributed by atoms with van der Waals surface area (Å²) in [6, 6.07) is 11.6. The number of nitrogens with zero attached hydrogens (tertiary/aromatic N) is 5. The number of aromatic nitrogens is 2. The Hall–Kier alpha value is -3.81. The second-order valence-electron chi connectivity index (χ2n) is 9.82. The zero-order valence-corrected chi connectivity index (χ0v) is 22.2. The molecule has 38 heavy (non-hydrogen) atoms. The van der Waals surface area contributed by atoms with Crippen molar-refractivity contribution in [2.45, 2.75) is 19.3 Å². The van der Waals surface area contributed by atoms with Gasteiger partial charge in [0.1, 0.15) is 18.0 Å². The number of benzene rings is 2. The second kappa shape index (κ2) is 10.5. The van der Waals surface area contributed by atoms with Gasteiger partial charge in [-0.3, -0.25) is 0 Å². The average molecular weight is 530 g/mol. The van der Waals surface area contributed by atoms with Crippen LogP contribution in [0.5, 0.6) is 5.75 Å². The minimum absolute atomic E-state index is 0.253. The van der Waals surface area contributed by atoms with Crippen LogP contribution in [0.4, 0.5) is 23.0 Å². The molecule has 9 nitrogen and oxygen atoms in total. The summed E-state index contributed by atoms with van der Waals surface area (Å²) in [5.74, 6) is 0.979. The first-order valence-corrected chi connectivity index (χ1v) is 12.7. The van der Waals surface area contributed by atoms with E-state index in [4.69, 9.17) is 26.1 Å². The number of anilines is 4. The third kappa shape index (κ3) is 4.87. The fourth-order valence-corrected chi connectivity index (χ4v) is 5.32. The highest BCUT2D eigenvalue weighted by molar-refractivity contribution is 6.70. The molecule has 193 valence electrons. The molecule has 5 rings (SSSR count). The molecular weight excluding hydrogens is 503 g/mol. The van der Waals surface area contributed by atoms with Crippen LogP contribution in [0.3, 0.4) is 0 Å². The number of fused-ring (bicyclic) bond motifs is 1. The molecule has 1 radical (unpaired) electrons. The number of hydrogen-bond acceptors (Lipinski definition) is 9. The van der Waals surface area contributed by atoms with Gasteiger partial charge in [0.25, 0.3) is 0 Å². The summed E-state index contributed by atoms with van der Waals surface area (Å²) in [7, 11) is 3.08. The first-order valence-electron chi connectivity index (χ1n) is 12.3. The zero-order chi connectivity index (χ0) is 26.9. The van der Waals surface area contributed by atoms with Crippen LogP contribution in [0.15, 0.2) is 36.5 Å². The Balaban J connectivity index is 1.48. The molecule has 2 aliphatic rings. The lowest BCUT2D eigenvalue weighted by atomic mass is 9.84. The van der Waals surface area contributed by atoms with E-state index in [9.17, 15) is 10.1 Å². The number of morpholine rings is 1. The van der Waals surface area contributed by atoms with Crippen LogP contribution < -0.4 is 19.8 Å². The van der Waals surface area contributed by atoms with Gasteiger partial charge in [-0.05, 0) is 29.8 Å². The molecule has 1 saturated heterocycles. The van der Waals surface area contributed by atoms with Crippen molar-refractivity contribution < 1.29 is 14.3 Å². The van der Waals surface area contributed by atoms with Gasteiger partial charge in [0, 0.05) is 48.6 Å². The van der Waals surface area contributed by atoms with Crippen LogP contribution in [0.1, 0.15) is 25.0 Å². The number of halogens is 1. The fraction of sp³-hybridized carbons (Fsp3) is 0.333. The van der Waals surface area contributed by atoms with Crippen LogP contribution in [-0.2, 0) is 14.9 Å². The van der Waals surface area contributed by atoms with E-state index in [-0.39, 0.29) is 5.41 Å². The van der Waals surface area contributed by atoms with E-state index < -0.39 is 0 Å². The summed E-state index contributed by atoms with van der Waals surface area (Å²) < 4.78 is 11.1.